The van der Waals surface area contributed by atoms with Crippen molar-refractivity contribution in [1.82, 2.24) is 14.7 Å². The molecule has 0 spiro atoms. The molecule has 240 valence electrons. The summed E-state index contributed by atoms with van der Waals surface area (Å²) in [5.41, 5.74) is 3.06. The zero-order valence-electron chi connectivity index (χ0n) is 29.9. The van der Waals surface area contributed by atoms with Crippen molar-refractivity contribution in [1.29, 1.82) is 0 Å². The molecule has 2 saturated carbocycles. The highest BCUT2D eigenvalue weighted by Crippen LogP contribution is 2.38. The number of likely N-dealkylation sites (tertiary alicyclic amines) is 2. The molecular formula is C38H73N3. The zero-order valence-corrected chi connectivity index (χ0v) is 29.9. The predicted octanol–water partition coefficient (Wildman–Crippen LogP) is 10.1. The van der Waals surface area contributed by atoms with Crippen molar-refractivity contribution in [2.24, 2.45) is 11.8 Å². The fourth-order valence-electron chi connectivity index (χ4n) is 7.53. The van der Waals surface area contributed by atoms with Crippen LogP contribution in [-0.4, -0.2) is 64.5 Å². The molecule has 2 aliphatic carbocycles. The van der Waals surface area contributed by atoms with Crippen molar-refractivity contribution < 1.29 is 0 Å². The first-order valence-electron chi connectivity index (χ1n) is 18.1. The Hall–Kier alpha value is -0.900. The van der Waals surface area contributed by atoms with Crippen LogP contribution in [0, 0.1) is 11.8 Å². The quantitative estimate of drug-likeness (QED) is 0.357. The number of hydrogen-bond acceptors (Lipinski definition) is 3. The predicted molar refractivity (Wildman–Crippen MR) is 185 cm³/mol. The molecule has 2 saturated heterocycles. The average Bonchev–Trinajstić information content (AvgIpc) is 3.70. The highest BCUT2D eigenvalue weighted by Gasteiger charge is 2.38. The minimum Gasteiger partial charge on any atom is -0.298 e. The van der Waals surface area contributed by atoms with E-state index in [2.05, 4.69) is 80.5 Å². The zero-order chi connectivity index (χ0) is 30.9. The van der Waals surface area contributed by atoms with Crippen molar-refractivity contribution in [3.63, 3.8) is 0 Å². The minimum absolute atomic E-state index is 0.674. The lowest BCUT2D eigenvalue weighted by molar-refractivity contribution is 0.170. The van der Waals surface area contributed by atoms with E-state index in [4.69, 9.17) is 0 Å². The highest BCUT2D eigenvalue weighted by molar-refractivity contribution is 5.29. The summed E-state index contributed by atoms with van der Waals surface area (Å²) in [5.74, 6) is 2.10. The van der Waals surface area contributed by atoms with E-state index in [0.29, 0.717) is 6.04 Å². The molecule has 3 heteroatoms. The third-order valence-corrected chi connectivity index (χ3v) is 9.61. The summed E-state index contributed by atoms with van der Waals surface area (Å²) >= 11 is 0. The molecule has 4 atom stereocenters. The van der Waals surface area contributed by atoms with Gasteiger partial charge >= 0.3 is 0 Å². The average molecular weight is 572 g/mol. The fourth-order valence-corrected chi connectivity index (χ4v) is 7.53. The van der Waals surface area contributed by atoms with Gasteiger partial charge in [0, 0.05) is 56.4 Å². The van der Waals surface area contributed by atoms with E-state index >= 15 is 0 Å². The normalized spacial score (nSPS) is 26.6. The summed E-state index contributed by atoms with van der Waals surface area (Å²) in [5, 5.41) is 0. The van der Waals surface area contributed by atoms with Crippen molar-refractivity contribution in [2.75, 3.05) is 19.6 Å². The maximum absolute atomic E-state index is 2.73. The van der Waals surface area contributed by atoms with Gasteiger partial charge in [0.25, 0.3) is 0 Å². The van der Waals surface area contributed by atoms with E-state index in [0.717, 1.165) is 42.5 Å². The Balaban J connectivity index is 0.000000283. The van der Waals surface area contributed by atoms with Gasteiger partial charge in [-0.2, -0.15) is 0 Å². The van der Waals surface area contributed by atoms with Crippen LogP contribution in [0.15, 0.2) is 24.3 Å². The van der Waals surface area contributed by atoms with Crippen LogP contribution in [0.4, 0.5) is 0 Å². The van der Waals surface area contributed by atoms with Crippen LogP contribution in [0.3, 0.4) is 0 Å². The molecule has 4 unspecified atom stereocenters. The summed E-state index contributed by atoms with van der Waals surface area (Å²) in [6.07, 6.45) is 13.1. The first kappa shape index (κ1) is 38.1. The Bertz CT molecular complexity index is 773. The first-order chi connectivity index (χ1) is 19.8. The summed E-state index contributed by atoms with van der Waals surface area (Å²) in [7, 11) is 0. The van der Waals surface area contributed by atoms with E-state index in [1.807, 2.05) is 41.5 Å². The molecule has 6 rings (SSSR count). The van der Waals surface area contributed by atoms with Gasteiger partial charge in [0.15, 0.2) is 0 Å². The molecule has 3 nitrogen and oxygen atoms in total. The number of benzene rings is 1. The van der Waals surface area contributed by atoms with Gasteiger partial charge < -0.3 is 0 Å². The molecule has 0 radical (unpaired) electrons. The molecule has 0 N–H and O–H groups in total. The number of hydrogen-bond donors (Lipinski definition) is 0. The van der Waals surface area contributed by atoms with E-state index in [1.54, 1.807) is 5.56 Å². The monoisotopic (exact) mass is 572 g/mol. The number of nitrogens with zero attached hydrogens (tertiary/aromatic N) is 3. The van der Waals surface area contributed by atoms with Gasteiger partial charge in [0.1, 0.15) is 0 Å². The van der Waals surface area contributed by atoms with E-state index in [1.165, 1.54) is 83.0 Å². The lowest BCUT2D eigenvalue weighted by Gasteiger charge is -2.31. The second-order valence-electron chi connectivity index (χ2n) is 13.0. The molecule has 4 fully saturated rings. The molecule has 4 bridgehead atoms. The Labute approximate surface area is 258 Å². The van der Waals surface area contributed by atoms with E-state index < -0.39 is 0 Å². The molecule has 1 aromatic rings. The maximum atomic E-state index is 2.73. The lowest BCUT2D eigenvalue weighted by atomic mass is 9.99. The fraction of sp³-hybridized carbons (Fsp3) is 0.842. The lowest BCUT2D eigenvalue weighted by Crippen LogP contribution is -2.37. The van der Waals surface area contributed by atoms with Crippen LogP contribution in [0.25, 0.3) is 0 Å². The Morgan fingerprint density at radius 2 is 1.07 bits per heavy atom. The van der Waals surface area contributed by atoms with Gasteiger partial charge in [-0.1, -0.05) is 78.6 Å². The molecule has 3 heterocycles. The second kappa shape index (κ2) is 20.9. The smallest absolute Gasteiger partial charge is 0.0239 e. The Morgan fingerprint density at radius 1 is 0.585 bits per heavy atom. The molecular weight excluding hydrogens is 498 g/mol. The van der Waals surface area contributed by atoms with Crippen LogP contribution in [0.5, 0.6) is 0 Å². The molecule has 1 aromatic carbocycles. The van der Waals surface area contributed by atoms with E-state index in [9.17, 15) is 0 Å². The summed E-state index contributed by atoms with van der Waals surface area (Å²) in [6.45, 7) is 31.0. The van der Waals surface area contributed by atoms with Crippen LogP contribution in [0.1, 0.15) is 146 Å². The van der Waals surface area contributed by atoms with Crippen molar-refractivity contribution in [2.45, 2.75) is 178 Å². The third-order valence-electron chi connectivity index (χ3n) is 9.61. The Kier molecular flexibility index (Phi) is 19.4. The van der Waals surface area contributed by atoms with Crippen LogP contribution < -0.4 is 0 Å². The first-order valence-corrected chi connectivity index (χ1v) is 18.1. The number of piperidine rings is 1. The van der Waals surface area contributed by atoms with Gasteiger partial charge in [-0.15, -0.1) is 0 Å². The topological polar surface area (TPSA) is 9.72 Å². The highest BCUT2D eigenvalue weighted by atomic mass is 15.2. The summed E-state index contributed by atoms with van der Waals surface area (Å²) < 4.78 is 0. The third kappa shape index (κ3) is 12.0. The van der Waals surface area contributed by atoms with Crippen molar-refractivity contribution in [3.8, 4) is 0 Å². The second-order valence-corrected chi connectivity index (χ2v) is 13.0. The van der Waals surface area contributed by atoms with Crippen LogP contribution in [0.2, 0.25) is 0 Å². The summed E-state index contributed by atoms with van der Waals surface area (Å²) in [4.78, 5) is 7.93. The van der Waals surface area contributed by atoms with Crippen LogP contribution in [-0.2, 0) is 13.0 Å². The van der Waals surface area contributed by atoms with E-state index in [-0.39, 0.29) is 0 Å². The van der Waals surface area contributed by atoms with Gasteiger partial charge in [-0.05, 0) is 109 Å². The SMILES string of the molecule is CC.CC.CC.CC(C)N1CC2CCC1C2.CC(C)N1CC2CCCCC1C2.CC(C)N1CCc2ccccc2C1. The molecule has 41 heavy (non-hydrogen) atoms. The molecule has 0 amide bonds. The molecule has 0 aromatic heterocycles. The summed E-state index contributed by atoms with van der Waals surface area (Å²) in [6, 6.07) is 12.9. The van der Waals surface area contributed by atoms with Gasteiger partial charge in [0.05, 0.1) is 0 Å². The number of rotatable bonds is 3. The minimum atomic E-state index is 0.674. The van der Waals surface area contributed by atoms with Gasteiger partial charge in [-0.25, -0.2) is 0 Å². The maximum Gasteiger partial charge on any atom is 0.0239 e. The molecule has 5 aliphatic rings. The van der Waals surface area contributed by atoms with Crippen LogP contribution >= 0.6 is 0 Å². The van der Waals surface area contributed by atoms with Crippen molar-refractivity contribution >= 4 is 0 Å². The van der Waals surface area contributed by atoms with Gasteiger partial charge in [-0.3, -0.25) is 14.7 Å². The largest absolute Gasteiger partial charge is 0.298 e. The van der Waals surface area contributed by atoms with Gasteiger partial charge in [0.2, 0.25) is 0 Å². The number of fused-ring (bicyclic) bond motifs is 5. The standard InChI is InChI=1S/C12H17N.C11H21N.C9H17N.3C2H6/c1-10(2)13-8-7-11-5-3-4-6-12(11)9-13;1-9(2)12-8-10-5-3-4-6-11(12)7-10;1-7(2)10-6-8-3-4-9(10)5-8;3*1-2/h3-6,10H,7-9H2,1-2H3;9-11H,3-8H2,1-2H3;7-9H,3-6H2,1-2H3;3*1-2H3. The molecule has 3 aliphatic heterocycles. The Morgan fingerprint density at radius 3 is 1.56 bits per heavy atom. The van der Waals surface area contributed by atoms with Crippen molar-refractivity contribution in [3.05, 3.63) is 35.4 Å².